The monoisotopic (exact) mass is 490 g/mol. The van der Waals surface area contributed by atoms with Crippen molar-refractivity contribution in [3.8, 4) is 0 Å². The van der Waals surface area contributed by atoms with Crippen LogP contribution in [0.1, 0.15) is 22.3 Å². The molecule has 4 aromatic carbocycles. The first-order valence-electron chi connectivity index (χ1n) is 12.6. The highest BCUT2D eigenvalue weighted by Crippen LogP contribution is 2.21. The zero-order valence-corrected chi connectivity index (χ0v) is 21.1. The maximum Gasteiger partial charge on any atom is 0.117 e. The Balaban J connectivity index is 1.59. The minimum Gasteiger partial charge on any atom is -0.367 e. The molecule has 0 aliphatic heterocycles. The molecule has 0 saturated carbocycles. The van der Waals surface area contributed by atoms with E-state index in [0.717, 1.165) is 22.3 Å². The van der Waals surface area contributed by atoms with E-state index in [9.17, 15) is 0 Å². The number of ether oxygens (including phenoxy) is 3. The molecule has 3 heteroatoms. The molecule has 0 aromatic heterocycles. The van der Waals surface area contributed by atoms with E-state index in [1.54, 1.807) is 0 Å². The van der Waals surface area contributed by atoms with Crippen LogP contribution in [0.15, 0.2) is 140 Å². The van der Waals surface area contributed by atoms with Crippen molar-refractivity contribution in [1.29, 1.82) is 0 Å². The summed E-state index contributed by atoms with van der Waals surface area (Å²) >= 11 is 0. The largest absolute Gasteiger partial charge is 0.367 e. The SMILES string of the molecule is C=C[C@@H](OCc1ccccc1)[C@@H](OCc1ccccc1)[C@H](/C=C\c1ccccc1)OCc1ccccc1. The van der Waals surface area contributed by atoms with E-state index in [-0.39, 0.29) is 12.2 Å². The molecule has 0 saturated heterocycles. The van der Waals surface area contributed by atoms with Gasteiger partial charge in [0.05, 0.1) is 19.8 Å². The number of hydrogen-bond donors (Lipinski definition) is 0. The maximum atomic E-state index is 6.54. The summed E-state index contributed by atoms with van der Waals surface area (Å²) in [5, 5.41) is 0. The van der Waals surface area contributed by atoms with Crippen LogP contribution < -0.4 is 0 Å². The molecule has 0 unspecified atom stereocenters. The lowest BCUT2D eigenvalue weighted by atomic mass is 10.0. The molecule has 188 valence electrons. The molecule has 37 heavy (non-hydrogen) atoms. The molecule has 0 N–H and O–H groups in total. The van der Waals surface area contributed by atoms with E-state index in [4.69, 9.17) is 14.2 Å². The molecular formula is C34H34O3. The van der Waals surface area contributed by atoms with E-state index in [1.165, 1.54) is 0 Å². The zero-order valence-electron chi connectivity index (χ0n) is 21.1. The predicted octanol–water partition coefficient (Wildman–Crippen LogP) is 7.64. The highest BCUT2D eigenvalue weighted by molar-refractivity contribution is 5.49. The van der Waals surface area contributed by atoms with Crippen LogP contribution in [0.25, 0.3) is 6.08 Å². The van der Waals surface area contributed by atoms with Crippen LogP contribution in [0, 0.1) is 0 Å². The van der Waals surface area contributed by atoms with Crippen LogP contribution in [0.3, 0.4) is 0 Å². The van der Waals surface area contributed by atoms with Gasteiger partial charge in [-0.25, -0.2) is 0 Å². The molecule has 0 heterocycles. The smallest absolute Gasteiger partial charge is 0.117 e. The third-order valence-electron chi connectivity index (χ3n) is 6.01. The predicted molar refractivity (Wildman–Crippen MR) is 151 cm³/mol. The first-order chi connectivity index (χ1) is 18.3. The molecule has 0 aliphatic carbocycles. The Kier molecular flexibility index (Phi) is 10.5. The fourth-order valence-electron chi connectivity index (χ4n) is 4.00. The summed E-state index contributed by atoms with van der Waals surface area (Å²) in [5.74, 6) is 0. The fourth-order valence-corrected chi connectivity index (χ4v) is 4.00. The molecule has 4 rings (SSSR count). The van der Waals surface area contributed by atoms with E-state index < -0.39 is 6.10 Å². The number of hydrogen-bond acceptors (Lipinski definition) is 3. The number of rotatable bonds is 14. The van der Waals surface area contributed by atoms with Crippen LogP contribution >= 0.6 is 0 Å². The first-order valence-corrected chi connectivity index (χ1v) is 12.6. The van der Waals surface area contributed by atoms with Gasteiger partial charge >= 0.3 is 0 Å². The molecule has 0 radical (unpaired) electrons. The summed E-state index contributed by atoms with van der Waals surface area (Å²) in [6.45, 7) is 5.43. The molecule has 0 amide bonds. The summed E-state index contributed by atoms with van der Waals surface area (Å²) in [6.07, 6.45) is 4.79. The second-order valence-corrected chi connectivity index (χ2v) is 8.79. The summed E-state index contributed by atoms with van der Waals surface area (Å²) < 4.78 is 19.4. The standard InChI is InChI=1S/C34H34O3/c1-2-32(35-25-29-17-9-4-10-18-29)34(37-27-31-21-13-6-14-22-31)33(24-23-28-15-7-3-8-16-28)36-26-30-19-11-5-12-20-30/h2-24,32-34H,1,25-27H2/b24-23-/t32-,33+,34-/m1/s1. The molecule has 0 spiro atoms. The minimum atomic E-state index is -0.412. The third kappa shape index (κ3) is 8.69. The Morgan fingerprint density at radius 1 is 0.514 bits per heavy atom. The van der Waals surface area contributed by atoms with Crippen LogP contribution in [0.4, 0.5) is 0 Å². The van der Waals surface area contributed by atoms with Gasteiger partial charge in [0.15, 0.2) is 0 Å². The summed E-state index contributed by atoms with van der Waals surface area (Å²) in [7, 11) is 0. The van der Waals surface area contributed by atoms with Crippen molar-refractivity contribution in [2.24, 2.45) is 0 Å². The van der Waals surface area contributed by atoms with Gasteiger partial charge in [-0.15, -0.1) is 6.58 Å². The maximum absolute atomic E-state index is 6.54. The summed E-state index contributed by atoms with van der Waals surface area (Å²) in [5.41, 5.74) is 4.38. The van der Waals surface area contributed by atoms with Gasteiger partial charge in [-0.1, -0.05) is 140 Å². The number of benzene rings is 4. The lowest BCUT2D eigenvalue weighted by Gasteiger charge is -2.31. The molecule has 0 fully saturated rings. The normalized spacial score (nSPS) is 13.7. The molecule has 0 bridgehead atoms. The van der Waals surface area contributed by atoms with Crippen molar-refractivity contribution in [1.82, 2.24) is 0 Å². The first kappa shape index (κ1) is 26.3. The molecule has 0 aliphatic rings. The van der Waals surface area contributed by atoms with Gasteiger partial charge in [0.2, 0.25) is 0 Å². The summed E-state index contributed by atoms with van der Waals surface area (Å²) in [4.78, 5) is 0. The topological polar surface area (TPSA) is 27.7 Å². The Bertz CT molecular complexity index is 1190. The Labute approximate surface area is 220 Å². The third-order valence-corrected chi connectivity index (χ3v) is 6.01. The highest BCUT2D eigenvalue weighted by atomic mass is 16.6. The van der Waals surface area contributed by atoms with E-state index in [1.807, 2.05) is 78.9 Å². The Morgan fingerprint density at radius 3 is 1.38 bits per heavy atom. The molecule has 3 atom stereocenters. The minimum absolute atomic E-state index is 0.372. The van der Waals surface area contributed by atoms with Crippen molar-refractivity contribution in [3.63, 3.8) is 0 Å². The summed E-state index contributed by atoms with van der Waals surface area (Å²) in [6, 6.07) is 40.7. The molecule has 4 aromatic rings. The fraction of sp³-hybridized carbons (Fsp3) is 0.176. The Morgan fingerprint density at radius 2 is 0.919 bits per heavy atom. The van der Waals surface area contributed by atoms with Crippen molar-refractivity contribution in [2.45, 2.75) is 38.1 Å². The van der Waals surface area contributed by atoms with Gasteiger partial charge in [0, 0.05) is 0 Å². The quantitative estimate of drug-likeness (QED) is 0.170. The molecular weight excluding hydrogens is 456 g/mol. The van der Waals surface area contributed by atoms with Gasteiger partial charge in [-0.2, -0.15) is 0 Å². The highest BCUT2D eigenvalue weighted by Gasteiger charge is 2.29. The second-order valence-electron chi connectivity index (χ2n) is 8.79. The average molecular weight is 491 g/mol. The van der Waals surface area contributed by atoms with E-state index in [0.29, 0.717) is 19.8 Å². The van der Waals surface area contributed by atoms with Crippen LogP contribution in [0.2, 0.25) is 0 Å². The van der Waals surface area contributed by atoms with Crippen LogP contribution in [-0.2, 0) is 34.0 Å². The van der Waals surface area contributed by atoms with E-state index in [2.05, 4.69) is 67.3 Å². The van der Waals surface area contributed by atoms with Crippen LogP contribution in [-0.4, -0.2) is 18.3 Å². The Hall–Kier alpha value is -3.76. The van der Waals surface area contributed by atoms with Gasteiger partial charge in [-0.3, -0.25) is 0 Å². The van der Waals surface area contributed by atoms with Crippen molar-refractivity contribution in [3.05, 3.63) is 162 Å². The van der Waals surface area contributed by atoms with Gasteiger partial charge in [0.25, 0.3) is 0 Å². The van der Waals surface area contributed by atoms with Crippen molar-refractivity contribution >= 4 is 6.08 Å². The van der Waals surface area contributed by atoms with Gasteiger partial charge in [-0.05, 0) is 22.3 Å². The second kappa shape index (κ2) is 14.7. The lowest BCUT2D eigenvalue weighted by Crippen LogP contribution is -2.40. The average Bonchev–Trinajstić information content (AvgIpc) is 2.97. The van der Waals surface area contributed by atoms with Gasteiger partial charge in [0.1, 0.15) is 18.3 Å². The molecule has 3 nitrogen and oxygen atoms in total. The van der Waals surface area contributed by atoms with Crippen LogP contribution in [0.5, 0.6) is 0 Å². The lowest BCUT2D eigenvalue weighted by molar-refractivity contribution is -0.123. The zero-order chi connectivity index (χ0) is 25.5. The van der Waals surface area contributed by atoms with Crippen molar-refractivity contribution in [2.75, 3.05) is 0 Å². The van der Waals surface area contributed by atoms with Gasteiger partial charge < -0.3 is 14.2 Å². The van der Waals surface area contributed by atoms with Crippen molar-refractivity contribution < 1.29 is 14.2 Å². The van der Waals surface area contributed by atoms with E-state index >= 15 is 0 Å².